The molecule has 1 aromatic heterocycles. The van der Waals surface area contributed by atoms with Crippen LogP contribution in [0.4, 0.5) is 5.13 Å². The van der Waals surface area contributed by atoms with Crippen LogP contribution in [0.5, 0.6) is 0 Å². The van der Waals surface area contributed by atoms with Crippen LogP contribution in [-0.4, -0.2) is 46.3 Å². The lowest BCUT2D eigenvalue weighted by molar-refractivity contribution is -0.131. The fraction of sp³-hybridized carbons (Fsp3) is 0.286. The molecule has 1 unspecified atom stereocenters. The number of rotatable bonds is 5. The molecule has 4 rings (SSSR count). The molecule has 1 saturated heterocycles. The minimum absolute atomic E-state index is 0.0433. The van der Waals surface area contributed by atoms with Gasteiger partial charge >= 0.3 is 0 Å². The van der Waals surface area contributed by atoms with Crippen molar-refractivity contribution in [3.05, 3.63) is 76.6 Å². The molecule has 2 aromatic carbocycles. The first kappa shape index (κ1) is 20.1. The number of nitrogens with zero attached hydrogens (tertiary/aromatic N) is 4. The number of hydrogen-bond donors (Lipinski definition) is 0. The Kier molecular flexibility index (Phi) is 6.33. The van der Waals surface area contributed by atoms with Gasteiger partial charge in [-0.15, -0.1) is 11.6 Å². The monoisotopic (exact) mass is 446 g/mol. The predicted molar refractivity (Wildman–Crippen MR) is 118 cm³/mol. The Labute approximate surface area is 184 Å². The molecule has 5 nitrogen and oxygen atoms in total. The molecule has 2 heterocycles. The van der Waals surface area contributed by atoms with E-state index in [1.54, 1.807) is 0 Å². The van der Waals surface area contributed by atoms with E-state index in [1.165, 1.54) is 11.5 Å². The molecule has 0 aliphatic carbocycles. The van der Waals surface area contributed by atoms with Gasteiger partial charge in [-0.25, -0.2) is 4.98 Å². The third-order valence-electron chi connectivity index (χ3n) is 4.90. The summed E-state index contributed by atoms with van der Waals surface area (Å²) < 4.78 is 4.49. The molecule has 0 N–H and O–H groups in total. The van der Waals surface area contributed by atoms with Crippen molar-refractivity contribution < 1.29 is 4.79 Å². The van der Waals surface area contributed by atoms with Crippen LogP contribution in [0.25, 0.3) is 0 Å². The van der Waals surface area contributed by atoms with Crippen LogP contribution in [0.1, 0.15) is 22.3 Å². The third-order valence-corrected chi connectivity index (χ3v) is 6.41. The van der Waals surface area contributed by atoms with E-state index in [0.29, 0.717) is 19.5 Å². The molecule has 1 fully saturated rings. The van der Waals surface area contributed by atoms with Crippen LogP contribution in [-0.2, 0) is 11.2 Å². The quantitative estimate of drug-likeness (QED) is 0.544. The number of carbonyl (C=O) groups is 1. The number of piperazine rings is 1. The zero-order chi connectivity index (χ0) is 20.2. The second kappa shape index (κ2) is 9.11. The van der Waals surface area contributed by atoms with Gasteiger partial charge in [-0.3, -0.25) is 4.79 Å². The lowest BCUT2D eigenvalue weighted by Crippen LogP contribution is -2.49. The van der Waals surface area contributed by atoms with Crippen molar-refractivity contribution in [2.45, 2.75) is 11.8 Å². The number of amides is 1. The van der Waals surface area contributed by atoms with Crippen molar-refractivity contribution in [2.75, 3.05) is 31.1 Å². The summed E-state index contributed by atoms with van der Waals surface area (Å²) >= 11 is 13.7. The van der Waals surface area contributed by atoms with Gasteiger partial charge in [0, 0.05) is 49.2 Å². The fourth-order valence-corrected chi connectivity index (χ4v) is 4.42. The number of carbonyl (C=O) groups excluding carboxylic acids is 1. The minimum Gasteiger partial charge on any atom is -0.343 e. The van der Waals surface area contributed by atoms with Crippen LogP contribution >= 0.6 is 34.7 Å². The van der Waals surface area contributed by atoms with Crippen molar-refractivity contribution in [1.29, 1.82) is 0 Å². The first-order chi connectivity index (χ1) is 14.1. The number of alkyl halides is 1. The topological polar surface area (TPSA) is 49.3 Å². The van der Waals surface area contributed by atoms with Gasteiger partial charge in [-0.1, -0.05) is 54.1 Å². The summed E-state index contributed by atoms with van der Waals surface area (Å²) in [6.07, 6.45) is 0.678. The average Bonchev–Trinajstić information content (AvgIpc) is 3.23. The molecule has 29 heavy (non-hydrogen) atoms. The van der Waals surface area contributed by atoms with Gasteiger partial charge in [0.2, 0.25) is 11.0 Å². The molecule has 1 aliphatic rings. The SMILES string of the molecule is O=C(C(Cl)c1ccccc1)N1CCN(c2nc(Cc3ccc(Cl)cc3)ns2)CC1. The lowest BCUT2D eigenvalue weighted by Gasteiger charge is -2.35. The van der Waals surface area contributed by atoms with Crippen LogP contribution in [0.2, 0.25) is 5.02 Å². The molecule has 0 bridgehead atoms. The second-order valence-corrected chi connectivity index (χ2v) is 8.49. The molecule has 1 amide bonds. The molecule has 8 heteroatoms. The van der Waals surface area contributed by atoms with Crippen molar-refractivity contribution in [3.63, 3.8) is 0 Å². The summed E-state index contributed by atoms with van der Waals surface area (Å²) in [5, 5.41) is 0.973. The van der Waals surface area contributed by atoms with Crippen LogP contribution in [0.15, 0.2) is 54.6 Å². The Balaban J connectivity index is 1.33. The van der Waals surface area contributed by atoms with Crippen molar-refractivity contribution in [1.82, 2.24) is 14.3 Å². The Morgan fingerprint density at radius 1 is 1.03 bits per heavy atom. The van der Waals surface area contributed by atoms with Gasteiger partial charge in [0.15, 0.2) is 0 Å². The third kappa shape index (κ3) is 4.89. The molecule has 3 aromatic rings. The minimum atomic E-state index is -0.643. The summed E-state index contributed by atoms with van der Waals surface area (Å²) in [4.78, 5) is 21.4. The summed E-state index contributed by atoms with van der Waals surface area (Å²) in [6, 6.07) is 17.2. The van der Waals surface area contributed by atoms with E-state index in [1.807, 2.05) is 59.5 Å². The molecular weight excluding hydrogens is 427 g/mol. The lowest BCUT2D eigenvalue weighted by atomic mass is 10.1. The van der Waals surface area contributed by atoms with E-state index >= 15 is 0 Å². The maximum Gasteiger partial charge on any atom is 0.245 e. The molecule has 0 spiro atoms. The van der Waals surface area contributed by atoms with Gasteiger partial charge in [0.05, 0.1) is 0 Å². The van der Waals surface area contributed by atoms with Crippen LogP contribution < -0.4 is 4.90 Å². The zero-order valence-electron chi connectivity index (χ0n) is 15.7. The molecule has 1 aliphatic heterocycles. The highest BCUT2D eigenvalue weighted by Crippen LogP contribution is 2.25. The van der Waals surface area contributed by atoms with Crippen molar-refractivity contribution in [2.24, 2.45) is 0 Å². The van der Waals surface area contributed by atoms with E-state index < -0.39 is 5.38 Å². The van der Waals surface area contributed by atoms with Gasteiger partial charge in [0.25, 0.3) is 0 Å². The highest BCUT2D eigenvalue weighted by Gasteiger charge is 2.28. The van der Waals surface area contributed by atoms with Gasteiger partial charge in [-0.2, -0.15) is 4.37 Å². The average molecular weight is 447 g/mol. The van der Waals surface area contributed by atoms with Crippen molar-refractivity contribution >= 4 is 45.8 Å². The Hall–Kier alpha value is -2.15. The Bertz CT molecular complexity index is 956. The second-order valence-electron chi connectivity index (χ2n) is 6.88. The number of benzene rings is 2. The number of hydrogen-bond acceptors (Lipinski definition) is 5. The highest BCUT2D eigenvalue weighted by molar-refractivity contribution is 7.09. The van der Waals surface area contributed by atoms with E-state index in [0.717, 1.165) is 40.2 Å². The van der Waals surface area contributed by atoms with Crippen LogP contribution in [0, 0.1) is 0 Å². The number of anilines is 1. The normalized spacial score (nSPS) is 15.4. The van der Waals surface area contributed by atoms with E-state index in [-0.39, 0.29) is 5.91 Å². The number of halogens is 2. The van der Waals surface area contributed by atoms with Gasteiger partial charge in [0.1, 0.15) is 11.2 Å². The highest BCUT2D eigenvalue weighted by atomic mass is 35.5. The van der Waals surface area contributed by atoms with E-state index in [4.69, 9.17) is 23.2 Å². The van der Waals surface area contributed by atoms with Crippen molar-refractivity contribution in [3.8, 4) is 0 Å². The molecule has 0 radical (unpaired) electrons. The standard InChI is InChI=1S/C21H20Cl2N4OS/c22-17-8-6-15(7-9-17)14-18-24-21(29-25-18)27-12-10-26(11-13-27)20(28)19(23)16-4-2-1-3-5-16/h1-9,19H,10-14H2. The molecule has 150 valence electrons. The maximum absolute atomic E-state index is 12.7. The largest absolute Gasteiger partial charge is 0.343 e. The molecular formula is C21H20Cl2N4OS. The fourth-order valence-electron chi connectivity index (χ4n) is 3.27. The van der Waals surface area contributed by atoms with E-state index in [9.17, 15) is 4.79 Å². The first-order valence-corrected chi connectivity index (χ1v) is 11.0. The van der Waals surface area contributed by atoms with Gasteiger partial charge < -0.3 is 9.80 Å². The molecule has 0 saturated carbocycles. The van der Waals surface area contributed by atoms with Gasteiger partial charge in [-0.05, 0) is 23.3 Å². The number of aromatic nitrogens is 2. The molecule has 1 atom stereocenters. The summed E-state index contributed by atoms with van der Waals surface area (Å²) in [5.74, 6) is 0.758. The maximum atomic E-state index is 12.7. The first-order valence-electron chi connectivity index (χ1n) is 9.40. The van der Waals surface area contributed by atoms with E-state index in [2.05, 4.69) is 14.3 Å². The Morgan fingerprint density at radius 3 is 2.41 bits per heavy atom. The zero-order valence-corrected chi connectivity index (χ0v) is 18.0. The summed E-state index contributed by atoms with van der Waals surface area (Å²) in [5.41, 5.74) is 1.96. The summed E-state index contributed by atoms with van der Waals surface area (Å²) in [6.45, 7) is 2.70. The predicted octanol–water partition coefficient (Wildman–Crippen LogP) is 4.41. The summed E-state index contributed by atoms with van der Waals surface area (Å²) in [7, 11) is 0. The Morgan fingerprint density at radius 2 is 1.72 bits per heavy atom. The smallest absolute Gasteiger partial charge is 0.245 e. The van der Waals surface area contributed by atoms with Crippen LogP contribution in [0.3, 0.4) is 0 Å².